The van der Waals surface area contributed by atoms with Gasteiger partial charge in [0, 0.05) is 29.7 Å². The van der Waals surface area contributed by atoms with Crippen LogP contribution in [0, 0.1) is 0 Å². The van der Waals surface area contributed by atoms with Crippen molar-refractivity contribution in [2.45, 2.75) is 12.5 Å². The molecule has 1 heterocycles. The van der Waals surface area contributed by atoms with Gasteiger partial charge in [-0.2, -0.15) is 0 Å². The zero-order chi connectivity index (χ0) is 19.4. The number of phenols is 1. The highest BCUT2D eigenvalue weighted by molar-refractivity contribution is 5.87. The van der Waals surface area contributed by atoms with E-state index in [1.54, 1.807) is 12.1 Å². The molecule has 3 N–H and O–H groups in total. The Morgan fingerprint density at radius 1 is 1.22 bits per heavy atom. The van der Waals surface area contributed by atoms with Crippen LogP contribution in [0.5, 0.6) is 17.2 Å². The number of methoxy groups -OCH3 is 2. The number of hydrogen-bond donors (Lipinski definition) is 3. The molecule has 0 aliphatic heterocycles. The van der Waals surface area contributed by atoms with E-state index in [9.17, 15) is 15.0 Å². The van der Waals surface area contributed by atoms with Crippen LogP contribution in [0.25, 0.3) is 10.9 Å². The molecule has 0 amide bonds. The SMILES string of the molecule is COc1cc(C=NC(Cc2c[nH]c3ccccc23)C(=O)O)cc(OC)c1O. The number of nitrogens with one attached hydrogen (secondary N) is 1. The van der Waals surface area contributed by atoms with Crippen molar-refractivity contribution in [2.24, 2.45) is 4.99 Å². The molecular formula is C20H20N2O5. The summed E-state index contributed by atoms with van der Waals surface area (Å²) < 4.78 is 10.2. The summed E-state index contributed by atoms with van der Waals surface area (Å²) in [5.41, 5.74) is 2.40. The van der Waals surface area contributed by atoms with E-state index in [-0.39, 0.29) is 23.7 Å². The number of carboxylic acid groups (broad SMARTS) is 1. The predicted molar refractivity (Wildman–Crippen MR) is 102 cm³/mol. The summed E-state index contributed by atoms with van der Waals surface area (Å²) >= 11 is 0. The summed E-state index contributed by atoms with van der Waals surface area (Å²) in [4.78, 5) is 19.0. The number of aromatic nitrogens is 1. The molecule has 0 spiro atoms. The molecule has 140 valence electrons. The van der Waals surface area contributed by atoms with Crippen LogP contribution >= 0.6 is 0 Å². The quantitative estimate of drug-likeness (QED) is 0.556. The van der Waals surface area contributed by atoms with Gasteiger partial charge in [0.05, 0.1) is 14.2 Å². The molecule has 7 nitrogen and oxygen atoms in total. The van der Waals surface area contributed by atoms with Crippen molar-refractivity contribution in [3.8, 4) is 17.2 Å². The summed E-state index contributed by atoms with van der Waals surface area (Å²) in [5.74, 6) is -0.696. The number of fused-ring (bicyclic) bond motifs is 1. The average Bonchev–Trinajstić information content (AvgIpc) is 3.08. The molecule has 0 bridgehead atoms. The number of nitrogens with zero attached hydrogens (tertiary/aromatic N) is 1. The second-order valence-corrected chi connectivity index (χ2v) is 5.97. The van der Waals surface area contributed by atoms with Crippen LogP contribution in [0.3, 0.4) is 0 Å². The molecule has 27 heavy (non-hydrogen) atoms. The first kappa shape index (κ1) is 18.3. The Kier molecular flexibility index (Phi) is 5.30. The van der Waals surface area contributed by atoms with Crippen LogP contribution in [0.4, 0.5) is 0 Å². The smallest absolute Gasteiger partial charge is 0.328 e. The van der Waals surface area contributed by atoms with E-state index < -0.39 is 12.0 Å². The van der Waals surface area contributed by atoms with Crippen LogP contribution in [0.2, 0.25) is 0 Å². The van der Waals surface area contributed by atoms with Gasteiger partial charge in [-0.05, 0) is 29.3 Å². The van der Waals surface area contributed by atoms with Gasteiger partial charge in [0.2, 0.25) is 5.75 Å². The summed E-state index contributed by atoms with van der Waals surface area (Å²) in [5, 5.41) is 20.5. The van der Waals surface area contributed by atoms with E-state index >= 15 is 0 Å². The molecule has 2 aromatic carbocycles. The van der Waals surface area contributed by atoms with Gasteiger partial charge in [-0.3, -0.25) is 4.99 Å². The normalized spacial score (nSPS) is 12.4. The number of aromatic amines is 1. The van der Waals surface area contributed by atoms with Crippen molar-refractivity contribution in [1.82, 2.24) is 4.98 Å². The zero-order valence-corrected chi connectivity index (χ0v) is 15.0. The molecule has 7 heteroatoms. The summed E-state index contributed by atoms with van der Waals surface area (Å²) in [6.07, 6.45) is 3.50. The Labute approximate surface area is 155 Å². The Hall–Kier alpha value is -3.48. The number of H-pyrrole nitrogens is 1. The molecule has 1 unspecified atom stereocenters. The molecule has 0 aliphatic carbocycles. The minimum Gasteiger partial charge on any atom is -0.502 e. The van der Waals surface area contributed by atoms with Gasteiger partial charge < -0.3 is 24.7 Å². The van der Waals surface area contributed by atoms with E-state index in [1.165, 1.54) is 20.4 Å². The minimum atomic E-state index is -1.02. The number of aliphatic carboxylic acids is 1. The Morgan fingerprint density at radius 3 is 2.52 bits per heavy atom. The highest BCUT2D eigenvalue weighted by Crippen LogP contribution is 2.36. The van der Waals surface area contributed by atoms with Crippen molar-refractivity contribution >= 4 is 23.1 Å². The molecule has 0 fully saturated rings. The first-order chi connectivity index (χ1) is 13.0. The summed E-state index contributed by atoms with van der Waals surface area (Å²) in [6, 6.07) is 9.88. The third kappa shape index (κ3) is 3.87. The minimum absolute atomic E-state index is 0.120. The fourth-order valence-corrected chi connectivity index (χ4v) is 2.88. The lowest BCUT2D eigenvalue weighted by Crippen LogP contribution is -2.20. The predicted octanol–water partition coefficient (Wildman–Crippen LogP) is 3.01. The van der Waals surface area contributed by atoms with E-state index in [0.717, 1.165) is 16.5 Å². The number of para-hydroxylation sites is 1. The van der Waals surface area contributed by atoms with Crippen LogP contribution in [-0.2, 0) is 11.2 Å². The maximum atomic E-state index is 11.7. The highest BCUT2D eigenvalue weighted by atomic mass is 16.5. The molecule has 1 atom stereocenters. The summed E-state index contributed by atoms with van der Waals surface area (Å²) in [7, 11) is 2.85. The number of ether oxygens (including phenoxy) is 2. The topological polar surface area (TPSA) is 104 Å². The zero-order valence-electron chi connectivity index (χ0n) is 15.0. The van der Waals surface area contributed by atoms with Gasteiger partial charge >= 0.3 is 5.97 Å². The summed E-state index contributed by atoms with van der Waals surface area (Å²) in [6.45, 7) is 0. The van der Waals surface area contributed by atoms with E-state index in [4.69, 9.17) is 9.47 Å². The van der Waals surface area contributed by atoms with E-state index in [0.29, 0.717) is 5.56 Å². The van der Waals surface area contributed by atoms with Gasteiger partial charge in [0.15, 0.2) is 17.5 Å². The Morgan fingerprint density at radius 2 is 1.89 bits per heavy atom. The molecule has 1 aromatic heterocycles. The van der Waals surface area contributed by atoms with Gasteiger partial charge in [-0.1, -0.05) is 18.2 Å². The fourth-order valence-electron chi connectivity index (χ4n) is 2.88. The Balaban J connectivity index is 1.87. The average molecular weight is 368 g/mol. The monoisotopic (exact) mass is 368 g/mol. The Bertz CT molecular complexity index is 968. The molecule has 0 radical (unpaired) electrons. The van der Waals surface area contributed by atoms with Gasteiger partial charge in [0.1, 0.15) is 0 Å². The number of carbonyl (C=O) groups is 1. The van der Waals surface area contributed by atoms with Crippen LogP contribution in [-0.4, -0.2) is 47.6 Å². The number of phenolic OH excluding ortho intramolecular Hbond substituents is 1. The first-order valence-electron chi connectivity index (χ1n) is 8.29. The van der Waals surface area contributed by atoms with Gasteiger partial charge in [-0.25, -0.2) is 4.79 Å². The van der Waals surface area contributed by atoms with Crippen molar-refractivity contribution in [3.05, 3.63) is 53.7 Å². The van der Waals surface area contributed by atoms with Gasteiger partial charge in [-0.15, -0.1) is 0 Å². The number of hydrogen-bond acceptors (Lipinski definition) is 5. The number of rotatable bonds is 7. The lowest BCUT2D eigenvalue weighted by molar-refractivity contribution is -0.138. The molecule has 0 aliphatic rings. The van der Waals surface area contributed by atoms with E-state index in [1.807, 2.05) is 30.5 Å². The van der Waals surface area contributed by atoms with Crippen molar-refractivity contribution < 1.29 is 24.5 Å². The highest BCUT2D eigenvalue weighted by Gasteiger charge is 2.18. The van der Waals surface area contributed by atoms with Crippen molar-refractivity contribution in [2.75, 3.05) is 14.2 Å². The van der Waals surface area contributed by atoms with Gasteiger partial charge in [0.25, 0.3) is 0 Å². The van der Waals surface area contributed by atoms with E-state index in [2.05, 4.69) is 9.98 Å². The van der Waals surface area contributed by atoms with Crippen LogP contribution in [0.15, 0.2) is 47.6 Å². The molecule has 3 aromatic rings. The molecule has 3 rings (SSSR count). The van der Waals surface area contributed by atoms with Crippen molar-refractivity contribution in [3.63, 3.8) is 0 Å². The van der Waals surface area contributed by atoms with Crippen LogP contribution < -0.4 is 9.47 Å². The largest absolute Gasteiger partial charge is 0.502 e. The third-order valence-electron chi connectivity index (χ3n) is 4.28. The maximum absolute atomic E-state index is 11.7. The lowest BCUT2D eigenvalue weighted by Gasteiger charge is -2.10. The lowest BCUT2D eigenvalue weighted by atomic mass is 10.1. The first-order valence-corrected chi connectivity index (χ1v) is 8.29. The standard InChI is InChI=1S/C20H20N2O5/c1-26-17-7-12(8-18(27-2)19(17)23)10-21-16(20(24)25)9-13-11-22-15-6-4-3-5-14(13)15/h3-8,10-11,16,22-23H,9H2,1-2H3,(H,24,25). The van der Waals surface area contributed by atoms with Crippen LogP contribution in [0.1, 0.15) is 11.1 Å². The number of aliphatic imine (C=N–C) groups is 1. The number of carboxylic acids is 1. The number of aromatic hydroxyl groups is 1. The van der Waals surface area contributed by atoms with Crippen molar-refractivity contribution in [1.29, 1.82) is 0 Å². The maximum Gasteiger partial charge on any atom is 0.328 e. The molecule has 0 saturated heterocycles. The third-order valence-corrected chi connectivity index (χ3v) is 4.28. The second kappa shape index (κ2) is 7.82. The molecular weight excluding hydrogens is 348 g/mol. The fraction of sp³-hybridized carbons (Fsp3) is 0.200. The second-order valence-electron chi connectivity index (χ2n) is 5.97. The number of benzene rings is 2. The molecule has 0 saturated carbocycles.